The monoisotopic (exact) mass is 616 g/mol. The lowest BCUT2D eigenvalue weighted by Crippen LogP contribution is -2.50. The lowest BCUT2D eigenvalue weighted by atomic mass is 9.95. The molecular formula is C30H40N4O8S. The molecule has 0 aromatic heterocycles. The summed E-state index contributed by atoms with van der Waals surface area (Å²) >= 11 is 0. The average Bonchev–Trinajstić information content (AvgIpc) is 3.22. The molecule has 1 unspecified atom stereocenters. The van der Waals surface area contributed by atoms with Crippen LogP contribution in [-0.2, 0) is 26.0 Å². The number of methoxy groups -OCH3 is 3. The molecule has 234 valence electrons. The van der Waals surface area contributed by atoms with E-state index in [0.29, 0.717) is 80.5 Å². The van der Waals surface area contributed by atoms with E-state index in [1.807, 2.05) is 12.1 Å². The first-order valence-corrected chi connectivity index (χ1v) is 16.1. The molecule has 4 rings (SSSR count). The summed E-state index contributed by atoms with van der Waals surface area (Å²) in [5, 5.41) is 6.17. The number of hydrogen-bond acceptors (Lipinski definition) is 9. The van der Waals surface area contributed by atoms with Crippen LogP contribution in [0.1, 0.15) is 43.4 Å². The molecule has 1 fully saturated rings. The number of rotatable bonds is 10. The van der Waals surface area contributed by atoms with Crippen molar-refractivity contribution in [2.75, 3.05) is 65.6 Å². The molecule has 1 aliphatic carbocycles. The molecule has 13 heteroatoms. The zero-order valence-electron chi connectivity index (χ0n) is 25.3. The van der Waals surface area contributed by atoms with Crippen molar-refractivity contribution in [3.05, 3.63) is 45.6 Å². The molecule has 2 aromatic rings. The number of carbonyl (C=O) groups is 2. The standard InChI is InChI=1S/C30H40N4O8S/c1-19(35)32-23-10-8-20-17-26(40-2)29(41-3)30(42-4)28(20)21-9-11-24(25(36)18-22(21)23)31-12-6-7-27(37)33-13-15-34(16-14-33)43(5,38)39/h9,11,17-18,23H,6-8,10,12-16H2,1-5H3,(H,31,36)(H,32,35). The number of hydrogen-bond donors (Lipinski definition) is 2. The predicted molar refractivity (Wildman–Crippen MR) is 163 cm³/mol. The van der Waals surface area contributed by atoms with Gasteiger partial charge in [-0.05, 0) is 54.2 Å². The van der Waals surface area contributed by atoms with Crippen molar-refractivity contribution in [1.29, 1.82) is 0 Å². The highest BCUT2D eigenvalue weighted by Gasteiger charge is 2.30. The highest BCUT2D eigenvalue weighted by molar-refractivity contribution is 7.88. The van der Waals surface area contributed by atoms with Crippen molar-refractivity contribution in [3.8, 4) is 28.4 Å². The van der Waals surface area contributed by atoms with Gasteiger partial charge in [-0.2, -0.15) is 4.31 Å². The van der Waals surface area contributed by atoms with Crippen LogP contribution < -0.4 is 30.3 Å². The Labute approximate surface area is 252 Å². The minimum atomic E-state index is -3.27. The van der Waals surface area contributed by atoms with E-state index in [-0.39, 0.29) is 23.7 Å². The Bertz CT molecular complexity index is 1540. The van der Waals surface area contributed by atoms with Crippen LogP contribution in [-0.4, -0.2) is 89.7 Å². The fourth-order valence-electron chi connectivity index (χ4n) is 5.74. The molecule has 1 aliphatic heterocycles. The Morgan fingerprint density at radius 1 is 1.00 bits per heavy atom. The largest absolute Gasteiger partial charge is 0.493 e. The Hall–Kier alpha value is -3.84. The number of sulfonamides is 1. The fourth-order valence-corrected chi connectivity index (χ4v) is 6.57. The van der Waals surface area contributed by atoms with E-state index in [9.17, 15) is 22.8 Å². The van der Waals surface area contributed by atoms with Crippen LogP contribution in [0.5, 0.6) is 17.2 Å². The number of benzene rings is 1. The maximum absolute atomic E-state index is 13.4. The van der Waals surface area contributed by atoms with Gasteiger partial charge < -0.3 is 29.7 Å². The van der Waals surface area contributed by atoms with Crippen LogP contribution in [0.3, 0.4) is 0 Å². The van der Waals surface area contributed by atoms with Crippen molar-refractivity contribution in [1.82, 2.24) is 14.5 Å². The van der Waals surface area contributed by atoms with E-state index < -0.39 is 16.1 Å². The zero-order valence-corrected chi connectivity index (χ0v) is 26.1. The summed E-state index contributed by atoms with van der Waals surface area (Å²) in [6.07, 6.45) is 3.10. The van der Waals surface area contributed by atoms with Gasteiger partial charge in [0.25, 0.3) is 0 Å². The van der Waals surface area contributed by atoms with E-state index in [1.54, 1.807) is 31.3 Å². The molecule has 0 spiro atoms. The van der Waals surface area contributed by atoms with Crippen molar-refractivity contribution in [2.24, 2.45) is 0 Å². The zero-order chi connectivity index (χ0) is 31.3. The van der Waals surface area contributed by atoms with Crippen LogP contribution >= 0.6 is 0 Å². The highest BCUT2D eigenvalue weighted by Crippen LogP contribution is 2.50. The molecule has 0 saturated carbocycles. The van der Waals surface area contributed by atoms with Gasteiger partial charge >= 0.3 is 0 Å². The van der Waals surface area contributed by atoms with Gasteiger partial charge in [-0.15, -0.1) is 0 Å². The fraction of sp³-hybridized carbons (Fsp3) is 0.500. The number of aryl methyl sites for hydroxylation is 1. The van der Waals surface area contributed by atoms with E-state index in [1.165, 1.54) is 24.6 Å². The molecule has 1 saturated heterocycles. The predicted octanol–water partition coefficient (Wildman–Crippen LogP) is 2.16. The molecule has 12 nitrogen and oxygen atoms in total. The Morgan fingerprint density at radius 3 is 2.30 bits per heavy atom. The minimum absolute atomic E-state index is 0.0474. The molecule has 2 aliphatic rings. The Kier molecular flexibility index (Phi) is 10.2. The van der Waals surface area contributed by atoms with Gasteiger partial charge in [-0.3, -0.25) is 14.4 Å². The first-order chi connectivity index (χ1) is 20.5. The SMILES string of the molecule is COc1cc2c(c(OC)c1OC)-c1ccc(NCCCC(=O)N3CCN(S(C)(=O)=O)CC3)c(=O)cc1C(NC(C)=O)CC2. The van der Waals surface area contributed by atoms with E-state index in [4.69, 9.17) is 14.2 Å². The maximum Gasteiger partial charge on any atom is 0.222 e. The van der Waals surface area contributed by atoms with Gasteiger partial charge in [-0.1, -0.05) is 6.07 Å². The first-order valence-electron chi connectivity index (χ1n) is 14.2. The quantitative estimate of drug-likeness (QED) is 0.384. The molecule has 1 heterocycles. The summed E-state index contributed by atoms with van der Waals surface area (Å²) < 4.78 is 41.8. The van der Waals surface area contributed by atoms with Gasteiger partial charge in [0.1, 0.15) is 0 Å². The topological polar surface area (TPSA) is 144 Å². The summed E-state index contributed by atoms with van der Waals surface area (Å²) in [7, 11) is 1.38. The van der Waals surface area contributed by atoms with E-state index in [2.05, 4.69) is 10.6 Å². The summed E-state index contributed by atoms with van der Waals surface area (Å²) in [6.45, 7) is 3.14. The van der Waals surface area contributed by atoms with Crippen molar-refractivity contribution in [3.63, 3.8) is 0 Å². The number of piperazine rings is 1. The number of anilines is 1. The molecule has 2 amide bonds. The van der Waals surface area contributed by atoms with E-state index in [0.717, 1.165) is 16.7 Å². The van der Waals surface area contributed by atoms with Crippen LogP contribution in [0.2, 0.25) is 0 Å². The smallest absolute Gasteiger partial charge is 0.222 e. The highest BCUT2D eigenvalue weighted by atomic mass is 32.2. The first kappa shape index (κ1) is 32.1. The third-order valence-corrected chi connectivity index (χ3v) is 9.16. The van der Waals surface area contributed by atoms with Gasteiger partial charge in [0, 0.05) is 51.6 Å². The lowest BCUT2D eigenvalue weighted by Gasteiger charge is -2.33. The minimum Gasteiger partial charge on any atom is -0.493 e. The number of amides is 2. The third kappa shape index (κ3) is 7.21. The average molecular weight is 617 g/mol. The second kappa shape index (κ2) is 13.6. The van der Waals surface area contributed by atoms with E-state index >= 15 is 0 Å². The summed E-state index contributed by atoms with van der Waals surface area (Å²) in [4.78, 5) is 39.9. The van der Waals surface area contributed by atoms with Crippen LogP contribution in [0.15, 0.2) is 29.1 Å². The number of nitrogens with zero attached hydrogens (tertiary/aromatic N) is 2. The van der Waals surface area contributed by atoms with Crippen LogP contribution in [0.25, 0.3) is 11.1 Å². The van der Waals surface area contributed by atoms with Crippen LogP contribution in [0.4, 0.5) is 5.69 Å². The normalized spacial score (nSPS) is 16.8. The molecule has 0 bridgehead atoms. The van der Waals surface area contributed by atoms with Gasteiger partial charge in [0.2, 0.25) is 33.0 Å². The summed E-state index contributed by atoms with van der Waals surface area (Å²) in [5.41, 5.74) is 3.23. The van der Waals surface area contributed by atoms with Gasteiger partial charge in [0.05, 0.1) is 39.3 Å². The Morgan fingerprint density at radius 2 is 1.70 bits per heavy atom. The number of carbonyl (C=O) groups excluding carboxylic acids is 2. The molecule has 2 N–H and O–H groups in total. The van der Waals surface area contributed by atoms with Crippen molar-refractivity contribution >= 4 is 27.5 Å². The van der Waals surface area contributed by atoms with Gasteiger partial charge in [-0.25, -0.2) is 8.42 Å². The second-order valence-corrected chi connectivity index (χ2v) is 12.7. The number of ether oxygens (including phenoxy) is 3. The second-order valence-electron chi connectivity index (χ2n) is 10.7. The Balaban J connectivity index is 1.57. The number of fused-ring (bicyclic) bond motifs is 3. The lowest BCUT2D eigenvalue weighted by molar-refractivity contribution is -0.132. The van der Waals surface area contributed by atoms with Crippen molar-refractivity contribution < 1.29 is 32.2 Å². The summed E-state index contributed by atoms with van der Waals surface area (Å²) in [6, 6.07) is 6.60. The molecular weight excluding hydrogens is 576 g/mol. The third-order valence-electron chi connectivity index (χ3n) is 7.86. The maximum atomic E-state index is 13.4. The number of nitrogens with one attached hydrogen (secondary N) is 2. The van der Waals surface area contributed by atoms with Crippen molar-refractivity contribution in [2.45, 2.75) is 38.6 Å². The molecule has 0 radical (unpaired) electrons. The molecule has 43 heavy (non-hydrogen) atoms. The molecule has 1 atom stereocenters. The van der Waals surface area contributed by atoms with Crippen LogP contribution in [0, 0.1) is 0 Å². The molecule has 2 aromatic carbocycles. The summed E-state index contributed by atoms with van der Waals surface area (Å²) in [5.74, 6) is 1.18. The van der Waals surface area contributed by atoms with Gasteiger partial charge in [0.15, 0.2) is 11.5 Å².